The maximum absolute atomic E-state index is 10.8. The van der Waals surface area contributed by atoms with Crippen molar-refractivity contribution >= 4 is 5.97 Å². The van der Waals surface area contributed by atoms with Gasteiger partial charge in [0.1, 0.15) is 0 Å². The fraction of sp³-hybridized carbons (Fsp3) is 0.688. The fourth-order valence-electron chi connectivity index (χ4n) is 2.42. The van der Waals surface area contributed by atoms with Crippen LogP contribution < -0.4 is 0 Å². The molecule has 0 aromatic carbocycles. The Labute approximate surface area is 111 Å². The van der Waals surface area contributed by atoms with Gasteiger partial charge in [-0.15, -0.1) is 0 Å². The lowest BCUT2D eigenvalue weighted by atomic mass is 9.80. The maximum Gasteiger partial charge on any atom is 0.302 e. The second-order valence-electron chi connectivity index (χ2n) is 5.66. The van der Waals surface area contributed by atoms with E-state index in [9.17, 15) is 4.79 Å². The van der Waals surface area contributed by atoms with E-state index in [1.165, 1.54) is 18.9 Å². The van der Waals surface area contributed by atoms with Gasteiger partial charge in [0, 0.05) is 6.92 Å². The highest BCUT2D eigenvalue weighted by atomic mass is 16.5. The van der Waals surface area contributed by atoms with Crippen molar-refractivity contribution in [1.29, 1.82) is 0 Å². The fourth-order valence-corrected chi connectivity index (χ4v) is 2.42. The van der Waals surface area contributed by atoms with Crippen molar-refractivity contribution in [1.82, 2.24) is 0 Å². The molecule has 1 rings (SSSR count). The van der Waals surface area contributed by atoms with Crippen LogP contribution in [0.15, 0.2) is 23.3 Å². The molecular weight excluding hydrogens is 224 g/mol. The minimum Gasteiger partial charge on any atom is -0.466 e. The molecular formula is C16H26O2. The highest BCUT2D eigenvalue weighted by Crippen LogP contribution is 2.31. The number of esters is 1. The first kappa shape index (κ1) is 15.0. The van der Waals surface area contributed by atoms with Gasteiger partial charge in [-0.2, -0.15) is 0 Å². The molecule has 1 aliphatic carbocycles. The molecule has 0 heterocycles. The van der Waals surface area contributed by atoms with Crippen LogP contribution in [-0.4, -0.2) is 12.6 Å². The number of ether oxygens (including phenoxy) is 1. The normalized spacial score (nSPS) is 23.2. The van der Waals surface area contributed by atoms with Crippen LogP contribution in [0.4, 0.5) is 0 Å². The molecule has 2 nitrogen and oxygen atoms in total. The summed E-state index contributed by atoms with van der Waals surface area (Å²) in [6.07, 6.45) is 9.19. The van der Waals surface area contributed by atoms with Gasteiger partial charge >= 0.3 is 5.97 Å². The quantitative estimate of drug-likeness (QED) is 0.538. The summed E-state index contributed by atoms with van der Waals surface area (Å²) >= 11 is 0. The Balaban J connectivity index is 2.38. The van der Waals surface area contributed by atoms with Gasteiger partial charge in [0.15, 0.2) is 0 Å². The third-order valence-electron chi connectivity index (χ3n) is 3.62. The van der Waals surface area contributed by atoms with E-state index in [1.54, 1.807) is 5.57 Å². The molecule has 2 heteroatoms. The summed E-state index contributed by atoms with van der Waals surface area (Å²) in [6, 6.07) is 0. The molecule has 0 radical (unpaired) electrons. The van der Waals surface area contributed by atoms with Crippen molar-refractivity contribution in [3.8, 4) is 0 Å². The standard InChI is InChI=1S/C16H26O2/c1-12(2)6-5-7-15-8-9-16(13(3)10-15)11-18-14(4)17/h6,8,13,16H,5,7,9-11H2,1-4H3/t13-,16+/m1/s1. The molecule has 18 heavy (non-hydrogen) atoms. The van der Waals surface area contributed by atoms with Crippen molar-refractivity contribution < 1.29 is 9.53 Å². The van der Waals surface area contributed by atoms with Crippen LogP contribution in [0.2, 0.25) is 0 Å². The van der Waals surface area contributed by atoms with Gasteiger partial charge in [-0.1, -0.05) is 30.2 Å². The van der Waals surface area contributed by atoms with Gasteiger partial charge in [-0.25, -0.2) is 0 Å². The Morgan fingerprint density at radius 1 is 1.44 bits per heavy atom. The molecule has 102 valence electrons. The minimum absolute atomic E-state index is 0.166. The molecule has 2 atom stereocenters. The van der Waals surface area contributed by atoms with Gasteiger partial charge in [-0.3, -0.25) is 4.79 Å². The van der Waals surface area contributed by atoms with E-state index in [2.05, 4.69) is 32.9 Å². The van der Waals surface area contributed by atoms with E-state index >= 15 is 0 Å². The van der Waals surface area contributed by atoms with E-state index < -0.39 is 0 Å². The summed E-state index contributed by atoms with van der Waals surface area (Å²) < 4.78 is 5.12. The van der Waals surface area contributed by atoms with Crippen LogP contribution >= 0.6 is 0 Å². The van der Waals surface area contributed by atoms with Gasteiger partial charge in [-0.05, 0) is 51.4 Å². The lowest BCUT2D eigenvalue weighted by molar-refractivity contribution is -0.142. The summed E-state index contributed by atoms with van der Waals surface area (Å²) in [5.41, 5.74) is 2.96. The van der Waals surface area contributed by atoms with Crippen LogP contribution in [-0.2, 0) is 9.53 Å². The molecule has 0 aromatic rings. The first-order valence-electron chi connectivity index (χ1n) is 6.93. The summed E-state index contributed by atoms with van der Waals surface area (Å²) in [6.45, 7) is 8.62. The first-order valence-corrected chi connectivity index (χ1v) is 6.93. The molecule has 0 saturated heterocycles. The monoisotopic (exact) mass is 250 g/mol. The van der Waals surface area contributed by atoms with E-state index in [1.807, 2.05) is 0 Å². The predicted molar refractivity (Wildman–Crippen MR) is 75.3 cm³/mol. The van der Waals surface area contributed by atoms with Crippen molar-refractivity contribution in [2.75, 3.05) is 6.61 Å². The molecule has 0 spiro atoms. The first-order chi connectivity index (χ1) is 8.49. The second kappa shape index (κ2) is 7.40. The Morgan fingerprint density at radius 2 is 2.17 bits per heavy atom. The Bertz CT molecular complexity index is 335. The summed E-state index contributed by atoms with van der Waals surface area (Å²) in [5, 5.41) is 0. The van der Waals surface area contributed by atoms with Gasteiger partial charge in [0.05, 0.1) is 6.61 Å². The molecule has 0 aromatic heterocycles. The smallest absolute Gasteiger partial charge is 0.302 e. The molecule has 0 amide bonds. The third kappa shape index (κ3) is 5.52. The van der Waals surface area contributed by atoms with Gasteiger partial charge in [0.2, 0.25) is 0 Å². The molecule has 0 saturated carbocycles. The van der Waals surface area contributed by atoms with Crippen LogP contribution in [0.5, 0.6) is 0 Å². The predicted octanol–water partition coefficient (Wildman–Crippen LogP) is 4.27. The average Bonchev–Trinajstić information content (AvgIpc) is 2.27. The topological polar surface area (TPSA) is 26.3 Å². The summed E-state index contributed by atoms with van der Waals surface area (Å²) in [5.74, 6) is 0.956. The zero-order valence-electron chi connectivity index (χ0n) is 12.2. The van der Waals surface area contributed by atoms with Gasteiger partial charge < -0.3 is 4.74 Å². The molecule has 0 bridgehead atoms. The largest absolute Gasteiger partial charge is 0.466 e. The van der Waals surface area contributed by atoms with E-state index in [0.29, 0.717) is 18.4 Å². The van der Waals surface area contributed by atoms with Crippen molar-refractivity contribution in [3.63, 3.8) is 0 Å². The lowest BCUT2D eigenvalue weighted by Gasteiger charge is -2.28. The van der Waals surface area contributed by atoms with E-state index in [-0.39, 0.29) is 5.97 Å². The number of carbonyl (C=O) groups is 1. The summed E-state index contributed by atoms with van der Waals surface area (Å²) in [7, 11) is 0. The highest BCUT2D eigenvalue weighted by Gasteiger charge is 2.22. The Kier molecular flexibility index (Phi) is 6.17. The second-order valence-corrected chi connectivity index (χ2v) is 5.66. The van der Waals surface area contributed by atoms with E-state index in [0.717, 1.165) is 19.3 Å². The Morgan fingerprint density at radius 3 is 2.72 bits per heavy atom. The van der Waals surface area contributed by atoms with Crippen LogP contribution in [0.25, 0.3) is 0 Å². The SMILES string of the molecule is CC(=O)OC[C@@H]1CC=C(CCC=C(C)C)C[C@H]1C. The zero-order chi connectivity index (χ0) is 13.5. The number of rotatable bonds is 5. The van der Waals surface area contributed by atoms with Crippen LogP contribution in [0.1, 0.15) is 53.4 Å². The maximum atomic E-state index is 10.8. The summed E-state index contributed by atoms with van der Waals surface area (Å²) in [4.78, 5) is 10.8. The van der Waals surface area contributed by atoms with Crippen molar-refractivity contribution in [3.05, 3.63) is 23.3 Å². The third-order valence-corrected chi connectivity index (χ3v) is 3.62. The molecule has 0 N–H and O–H groups in total. The number of hydrogen-bond donors (Lipinski definition) is 0. The molecule has 0 unspecified atom stereocenters. The lowest BCUT2D eigenvalue weighted by Crippen LogP contribution is -2.22. The zero-order valence-corrected chi connectivity index (χ0v) is 12.2. The number of allylic oxidation sites excluding steroid dienone is 4. The Hall–Kier alpha value is -1.05. The van der Waals surface area contributed by atoms with E-state index in [4.69, 9.17) is 4.74 Å². The van der Waals surface area contributed by atoms with Crippen LogP contribution in [0.3, 0.4) is 0 Å². The molecule has 1 aliphatic rings. The average molecular weight is 250 g/mol. The van der Waals surface area contributed by atoms with Gasteiger partial charge in [0.25, 0.3) is 0 Å². The van der Waals surface area contributed by atoms with Crippen molar-refractivity contribution in [2.24, 2.45) is 11.8 Å². The highest BCUT2D eigenvalue weighted by molar-refractivity contribution is 5.65. The number of hydrogen-bond acceptors (Lipinski definition) is 2. The molecule has 0 fully saturated rings. The number of carbonyl (C=O) groups excluding carboxylic acids is 1. The van der Waals surface area contributed by atoms with Crippen LogP contribution in [0, 0.1) is 11.8 Å². The van der Waals surface area contributed by atoms with Crippen molar-refractivity contribution in [2.45, 2.75) is 53.4 Å². The molecule has 0 aliphatic heterocycles. The minimum atomic E-state index is -0.166.